The molecule has 1 aromatic carbocycles. The second kappa shape index (κ2) is 7.72. The zero-order chi connectivity index (χ0) is 21.6. The van der Waals surface area contributed by atoms with Gasteiger partial charge in [0.2, 0.25) is 10.0 Å². The highest BCUT2D eigenvalue weighted by Gasteiger charge is 2.34. The zero-order valence-electron chi connectivity index (χ0n) is 17.1. The van der Waals surface area contributed by atoms with E-state index < -0.39 is 10.0 Å². The number of nitrogens with zero attached hydrogens (tertiary/aromatic N) is 4. The molecule has 0 atom stereocenters. The molecule has 4 rings (SSSR count). The molecule has 1 N–H and O–H groups in total. The highest BCUT2D eigenvalue weighted by molar-refractivity contribution is 7.89. The maximum absolute atomic E-state index is 13.2. The Labute approximate surface area is 180 Å². The average Bonchev–Trinajstić information content (AvgIpc) is 3.27. The Balaban J connectivity index is 1.50. The molecule has 3 heterocycles. The summed E-state index contributed by atoms with van der Waals surface area (Å²) in [4.78, 5) is 18.0. The van der Waals surface area contributed by atoms with E-state index in [0.29, 0.717) is 41.7 Å². The molecule has 1 amide bonds. The molecule has 160 valence electrons. The van der Waals surface area contributed by atoms with Gasteiger partial charge < -0.3 is 9.88 Å². The summed E-state index contributed by atoms with van der Waals surface area (Å²) < 4.78 is 29.6. The average molecular weight is 450 g/mol. The fourth-order valence-electron chi connectivity index (χ4n) is 4.01. The predicted octanol–water partition coefficient (Wildman–Crippen LogP) is 2.80. The van der Waals surface area contributed by atoms with Crippen LogP contribution in [0, 0.1) is 13.8 Å². The summed E-state index contributed by atoms with van der Waals surface area (Å²) in [5, 5.41) is 5.81. The summed E-state index contributed by atoms with van der Waals surface area (Å²) in [6.45, 7) is 7.18. The summed E-state index contributed by atoms with van der Waals surface area (Å²) in [5.74, 6) is -0.148. The Morgan fingerprint density at radius 3 is 2.50 bits per heavy atom. The lowest BCUT2D eigenvalue weighted by atomic mass is 10.2. The van der Waals surface area contributed by atoms with Crippen molar-refractivity contribution >= 4 is 38.4 Å². The number of halogens is 1. The number of aromatic amines is 1. The number of carbonyl (C=O) groups excluding carboxylic acids is 1. The molecule has 0 radical (unpaired) electrons. The van der Waals surface area contributed by atoms with E-state index in [2.05, 4.69) is 10.1 Å². The first-order valence-electron chi connectivity index (χ1n) is 9.84. The minimum atomic E-state index is -3.66. The molecule has 2 aromatic heterocycles. The van der Waals surface area contributed by atoms with Crippen LogP contribution in [0.4, 0.5) is 0 Å². The number of H-pyrrole nitrogens is 1. The highest BCUT2D eigenvalue weighted by Crippen LogP contribution is 2.25. The van der Waals surface area contributed by atoms with Crippen LogP contribution in [0.15, 0.2) is 29.2 Å². The topological polar surface area (TPSA) is 91.3 Å². The number of hydrogen-bond acceptors (Lipinski definition) is 4. The lowest BCUT2D eigenvalue weighted by molar-refractivity contribution is 0.0693. The van der Waals surface area contributed by atoms with Gasteiger partial charge in [0, 0.05) is 48.6 Å². The first kappa shape index (κ1) is 20.9. The quantitative estimate of drug-likeness (QED) is 0.663. The van der Waals surface area contributed by atoms with Crippen LogP contribution in [0.25, 0.3) is 10.9 Å². The van der Waals surface area contributed by atoms with Crippen molar-refractivity contribution in [1.82, 2.24) is 24.0 Å². The normalized spacial score (nSPS) is 15.8. The van der Waals surface area contributed by atoms with Gasteiger partial charge in [0.1, 0.15) is 10.6 Å². The second-order valence-electron chi connectivity index (χ2n) is 7.43. The van der Waals surface area contributed by atoms with Crippen molar-refractivity contribution in [2.24, 2.45) is 0 Å². The molecule has 0 bridgehead atoms. The summed E-state index contributed by atoms with van der Waals surface area (Å²) in [7, 11) is -3.66. The maximum atomic E-state index is 13.2. The van der Waals surface area contributed by atoms with Crippen molar-refractivity contribution in [2.75, 3.05) is 26.2 Å². The lowest BCUT2D eigenvalue weighted by Gasteiger charge is -2.33. The molecule has 8 nitrogen and oxygen atoms in total. The number of hydrogen-bond donors (Lipinski definition) is 1. The van der Waals surface area contributed by atoms with Crippen molar-refractivity contribution in [2.45, 2.75) is 32.2 Å². The molecule has 1 aliphatic heterocycles. The van der Waals surface area contributed by atoms with Crippen molar-refractivity contribution in [3.8, 4) is 0 Å². The monoisotopic (exact) mass is 449 g/mol. The van der Waals surface area contributed by atoms with Crippen LogP contribution in [0.5, 0.6) is 0 Å². The highest BCUT2D eigenvalue weighted by atomic mass is 35.5. The standard InChI is InChI=1S/C20H24ClN5O3S/c1-4-26-14(3)19(13(2)23-26)30(28,29)25-9-7-24(8-10-25)20(27)18-12-15-11-16(21)5-6-17(15)22-18/h5-6,11-12,22H,4,7-10H2,1-3H3. The number of amides is 1. The van der Waals surface area contributed by atoms with Crippen molar-refractivity contribution in [3.05, 3.63) is 46.4 Å². The van der Waals surface area contributed by atoms with E-state index in [1.165, 1.54) is 4.31 Å². The number of sulfonamides is 1. The van der Waals surface area contributed by atoms with E-state index in [4.69, 9.17) is 11.6 Å². The molecule has 0 spiro atoms. The SMILES string of the molecule is CCn1nc(C)c(S(=O)(=O)N2CCN(C(=O)c3cc4cc(Cl)ccc4[nH]3)CC2)c1C. The van der Waals surface area contributed by atoms with Crippen LogP contribution in [-0.4, -0.2) is 64.5 Å². The Hall–Kier alpha value is -2.36. The summed E-state index contributed by atoms with van der Waals surface area (Å²) in [5.41, 5.74) is 2.46. The zero-order valence-corrected chi connectivity index (χ0v) is 18.7. The van der Waals surface area contributed by atoms with Gasteiger partial charge in [0.25, 0.3) is 5.91 Å². The summed E-state index contributed by atoms with van der Waals surface area (Å²) in [6, 6.07) is 7.18. The third-order valence-corrected chi connectivity index (χ3v) is 7.94. The minimum absolute atomic E-state index is 0.148. The van der Waals surface area contributed by atoms with E-state index in [0.717, 1.165) is 10.9 Å². The molecule has 3 aromatic rings. The Morgan fingerprint density at radius 1 is 1.17 bits per heavy atom. The van der Waals surface area contributed by atoms with Crippen LogP contribution < -0.4 is 0 Å². The molecule has 0 aliphatic carbocycles. The second-order valence-corrected chi connectivity index (χ2v) is 9.74. The molecule has 1 saturated heterocycles. The molecular weight excluding hydrogens is 426 g/mol. The van der Waals surface area contributed by atoms with E-state index >= 15 is 0 Å². The first-order valence-corrected chi connectivity index (χ1v) is 11.7. The van der Waals surface area contributed by atoms with Gasteiger partial charge in [-0.1, -0.05) is 11.6 Å². The third kappa shape index (κ3) is 3.51. The van der Waals surface area contributed by atoms with Crippen LogP contribution in [0.2, 0.25) is 5.02 Å². The molecule has 1 aliphatic rings. The van der Waals surface area contributed by atoms with E-state index in [1.807, 2.05) is 13.0 Å². The maximum Gasteiger partial charge on any atom is 0.270 e. The van der Waals surface area contributed by atoms with Crippen molar-refractivity contribution < 1.29 is 13.2 Å². The van der Waals surface area contributed by atoms with E-state index in [9.17, 15) is 13.2 Å². The van der Waals surface area contributed by atoms with Crippen LogP contribution >= 0.6 is 11.6 Å². The number of nitrogens with one attached hydrogen (secondary N) is 1. The summed E-state index contributed by atoms with van der Waals surface area (Å²) >= 11 is 6.02. The van der Waals surface area contributed by atoms with Crippen LogP contribution in [0.1, 0.15) is 28.8 Å². The Kier molecular flexibility index (Phi) is 5.37. The Bertz CT molecular complexity index is 1220. The van der Waals surface area contributed by atoms with Gasteiger partial charge in [-0.05, 0) is 45.0 Å². The number of rotatable bonds is 4. The molecule has 10 heteroatoms. The van der Waals surface area contributed by atoms with Crippen molar-refractivity contribution in [1.29, 1.82) is 0 Å². The van der Waals surface area contributed by atoms with Crippen LogP contribution in [-0.2, 0) is 16.6 Å². The molecule has 1 fully saturated rings. The molecular formula is C20H24ClN5O3S. The molecule has 0 saturated carbocycles. The van der Waals surface area contributed by atoms with Crippen LogP contribution in [0.3, 0.4) is 0 Å². The number of benzene rings is 1. The number of piperazine rings is 1. The van der Waals surface area contributed by atoms with Gasteiger partial charge in [-0.3, -0.25) is 9.48 Å². The lowest BCUT2D eigenvalue weighted by Crippen LogP contribution is -2.50. The number of fused-ring (bicyclic) bond motifs is 1. The number of aromatic nitrogens is 3. The number of aryl methyl sites for hydroxylation is 2. The molecule has 30 heavy (non-hydrogen) atoms. The fraction of sp³-hybridized carbons (Fsp3) is 0.400. The van der Waals surface area contributed by atoms with Gasteiger partial charge in [-0.15, -0.1) is 0 Å². The van der Waals surface area contributed by atoms with Crippen molar-refractivity contribution in [3.63, 3.8) is 0 Å². The first-order chi connectivity index (χ1) is 14.2. The summed E-state index contributed by atoms with van der Waals surface area (Å²) in [6.07, 6.45) is 0. The Morgan fingerprint density at radius 2 is 1.87 bits per heavy atom. The van der Waals surface area contributed by atoms with Gasteiger partial charge in [-0.2, -0.15) is 9.40 Å². The van der Waals surface area contributed by atoms with Gasteiger partial charge >= 0.3 is 0 Å². The van der Waals surface area contributed by atoms with E-state index in [1.54, 1.807) is 41.6 Å². The fourth-order valence-corrected chi connectivity index (χ4v) is 5.99. The van der Waals surface area contributed by atoms with Gasteiger partial charge in [0.05, 0.1) is 11.4 Å². The smallest absolute Gasteiger partial charge is 0.270 e. The number of carbonyl (C=O) groups is 1. The third-order valence-electron chi connectivity index (χ3n) is 5.55. The predicted molar refractivity (Wildman–Crippen MR) is 115 cm³/mol. The van der Waals surface area contributed by atoms with E-state index in [-0.39, 0.29) is 23.9 Å². The van der Waals surface area contributed by atoms with Gasteiger partial charge in [0.15, 0.2) is 0 Å². The van der Waals surface area contributed by atoms with Gasteiger partial charge in [-0.25, -0.2) is 8.42 Å². The minimum Gasteiger partial charge on any atom is -0.351 e. The largest absolute Gasteiger partial charge is 0.351 e. The molecule has 0 unspecified atom stereocenters.